The summed E-state index contributed by atoms with van der Waals surface area (Å²) in [5.74, 6) is -0.164. The smallest absolute Gasteiger partial charge is 0.217 e. The Kier molecular flexibility index (Phi) is 28.1. The van der Waals surface area contributed by atoms with Crippen LogP contribution in [-0.2, 0) is 4.79 Å². The van der Waals surface area contributed by atoms with E-state index in [-0.39, 0.29) is 18.3 Å². The molecule has 4 heteroatoms. The molecule has 0 aliphatic rings. The Hall–Kier alpha value is -0.540. The van der Waals surface area contributed by atoms with E-state index in [2.05, 4.69) is 47.1 Å². The lowest BCUT2D eigenvalue weighted by molar-refractivity contribution is -0.870. The molecule has 1 amide bonds. The third kappa shape index (κ3) is 36.4. The van der Waals surface area contributed by atoms with E-state index in [0.29, 0.717) is 6.42 Å². The van der Waals surface area contributed by atoms with Crippen LogP contribution in [0.1, 0.15) is 110 Å². The Bertz CT molecular complexity index is 338. The molecular formula is C24H51ClN2O. The SMILES string of the molecule is CCCCCCCCC=CCCCCCCCC(N)=O.CCC[N+](C)(C)C.[Cl-]. The Morgan fingerprint density at radius 1 is 0.714 bits per heavy atom. The number of hydrogen-bond donors (Lipinski definition) is 1. The van der Waals surface area contributed by atoms with Crippen LogP contribution in [0.25, 0.3) is 0 Å². The van der Waals surface area contributed by atoms with Crippen molar-refractivity contribution in [3.05, 3.63) is 12.2 Å². The zero-order chi connectivity index (χ0) is 20.8. The predicted molar refractivity (Wildman–Crippen MR) is 122 cm³/mol. The van der Waals surface area contributed by atoms with Gasteiger partial charge in [0.15, 0.2) is 0 Å². The van der Waals surface area contributed by atoms with Gasteiger partial charge in [-0.1, -0.05) is 77.4 Å². The number of halogens is 1. The number of nitrogens with two attached hydrogens (primary N) is 1. The molecular weight excluding hydrogens is 368 g/mol. The highest BCUT2D eigenvalue weighted by Crippen LogP contribution is 2.09. The molecule has 0 unspecified atom stereocenters. The molecule has 0 aliphatic heterocycles. The topological polar surface area (TPSA) is 43.1 Å². The molecule has 170 valence electrons. The molecule has 0 atom stereocenters. The molecule has 0 bridgehead atoms. The van der Waals surface area contributed by atoms with E-state index in [9.17, 15) is 4.79 Å². The third-order valence-electron chi connectivity index (χ3n) is 4.58. The van der Waals surface area contributed by atoms with Crippen molar-refractivity contribution in [3.63, 3.8) is 0 Å². The van der Waals surface area contributed by atoms with E-state index in [1.165, 1.54) is 83.6 Å². The summed E-state index contributed by atoms with van der Waals surface area (Å²) >= 11 is 0. The second-order valence-corrected chi connectivity index (χ2v) is 8.81. The number of rotatable bonds is 17. The first-order chi connectivity index (χ1) is 12.8. The van der Waals surface area contributed by atoms with Gasteiger partial charge in [0, 0.05) is 6.42 Å². The number of allylic oxidation sites excluding steroid dienone is 2. The molecule has 0 fully saturated rings. The summed E-state index contributed by atoms with van der Waals surface area (Å²) in [7, 11) is 6.64. The quantitative estimate of drug-likeness (QED) is 0.219. The zero-order valence-corrected chi connectivity index (χ0v) is 20.5. The van der Waals surface area contributed by atoms with Crippen molar-refractivity contribution >= 4 is 5.91 Å². The van der Waals surface area contributed by atoms with Crippen molar-refractivity contribution in [2.24, 2.45) is 5.73 Å². The van der Waals surface area contributed by atoms with Crippen molar-refractivity contribution in [2.45, 2.75) is 110 Å². The summed E-state index contributed by atoms with van der Waals surface area (Å²) in [6.07, 6.45) is 23.2. The lowest BCUT2D eigenvalue weighted by Gasteiger charge is -2.22. The molecule has 0 saturated heterocycles. The number of carbonyl (C=O) groups excluding carboxylic acids is 1. The summed E-state index contributed by atoms with van der Waals surface area (Å²) in [6, 6.07) is 0. The fourth-order valence-corrected chi connectivity index (χ4v) is 3.04. The molecule has 28 heavy (non-hydrogen) atoms. The van der Waals surface area contributed by atoms with E-state index in [1.807, 2.05) is 0 Å². The maximum absolute atomic E-state index is 10.5. The van der Waals surface area contributed by atoms with Crippen LogP contribution in [-0.4, -0.2) is 38.1 Å². The van der Waals surface area contributed by atoms with E-state index >= 15 is 0 Å². The molecule has 0 heterocycles. The van der Waals surface area contributed by atoms with E-state index in [4.69, 9.17) is 5.73 Å². The molecule has 0 aromatic heterocycles. The first-order valence-electron chi connectivity index (χ1n) is 11.6. The average Bonchev–Trinajstić information content (AvgIpc) is 2.57. The highest BCUT2D eigenvalue weighted by molar-refractivity contribution is 5.73. The van der Waals surface area contributed by atoms with Crippen LogP contribution in [0.15, 0.2) is 12.2 Å². The van der Waals surface area contributed by atoms with E-state index in [1.54, 1.807) is 0 Å². The molecule has 0 saturated carbocycles. The van der Waals surface area contributed by atoms with Crippen LogP contribution in [0.4, 0.5) is 0 Å². The van der Waals surface area contributed by atoms with E-state index in [0.717, 1.165) is 17.3 Å². The van der Waals surface area contributed by atoms with Crippen LogP contribution in [0.3, 0.4) is 0 Å². The summed E-state index contributed by atoms with van der Waals surface area (Å²) in [4.78, 5) is 10.5. The molecule has 0 spiro atoms. The van der Waals surface area contributed by atoms with Gasteiger partial charge in [0.1, 0.15) is 0 Å². The molecule has 0 aromatic carbocycles. The van der Waals surface area contributed by atoms with Gasteiger partial charge < -0.3 is 22.6 Å². The molecule has 0 aliphatic carbocycles. The molecule has 3 nitrogen and oxygen atoms in total. The number of amides is 1. The Morgan fingerprint density at radius 2 is 1.14 bits per heavy atom. The van der Waals surface area contributed by atoms with Gasteiger partial charge in [0.2, 0.25) is 5.91 Å². The minimum atomic E-state index is -0.164. The third-order valence-corrected chi connectivity index (χ3v) is 4.58. The van der Waals surface area contributed by atoms with Gasteiger partial charge in [-0.25, -0.2) is 0 Å². The van der Waals surface area contributed by atoms with Crippen LogP contribution < -0.4 is 18.1 Å². The van der Waals surface area contributed by atoms with Gasteiger partial charge in [0.05, 0.1) is 27.7 Å². The fraction of sp³-hybridized carbons (Fsp3) is 0.875. The van der Waals surface area contributed by atoms with Gasteiger partial charge in [0.25, 0.3) is 0 Å². The van der Waals surface area contributed by atoms with Gasteiger partial charge in [-0.15, -0.1) is 0 Å². The Morgan fingerprint density at radius 3 is 1.50 bits per heavy atom. The van der Waals surface area contributed by atoms with Crippen molar-refractivity contribution in [3.8, 4) is 0 Å². The number of hydrogen-bond acceptors (Lipinski definition) is 1. The predicted octanol–water partition coefficient (Wildman–Crippen LogP) is 3.62. The first-order valence-corrected chi connectivity index (χ1v) is 11.6. The second kappa shape index (κ2) is 24.5. The molecule has 0 aromatic rings. The number of primary amides is 1. The summed E-state index contributed by atoms with van der Waals surface area (Å²) in [5.41, 5.74) is 5.10. The average molecular weight is 419 g/mol. The highest BCUT2D eigenvalue weighted by Gasteiger charge is 2.01. The zero-order valence-electron chi connectivity index (χ0n) is 19.8. The van der Waals surface area contributed by atoms with Gasteiger partial charge >= 0.3 is 0 Å². The maximum Gasteiger partial charge on any atom is 0.217 e. The number of quaternary nitrogens is 1. The van der Waals surface area contributed by atoms with Crippen LogP contribution >= 0.6 is 0 Å². The fourth-order valence-electron chi connectivity index (χ4n) is 3.04. The monoisotopic (exact) mass is 418 g/mol. The lowest BCUT2D eigenvalue weighted by atomic mass is 10.1. The normalized spacial score (nSPS) is 11.0. The van der Waals surface area contributed by atoms with Crippen molar-refractivity contribution in [1.82, 2.24) is 0 Å². The van der Waals surface area contributed by atoms with Crippen LogP contribution in [0.5, 0.6) is 0 Å². The van der Waals surface area contributed by atoms with E-state index < -0.39 is 0 Å². The number of carbonyl (C=O) groups is 1. The Labute approximate surface area is 183 Å². The van der Waals surface area contributed by atoms with Gasteiger partial charge in [-0.2, -0.15) is 0 Å². The summed E-state index contributed by atoms with van der Waals surface area (Å²) in [6.45, 7) is 5.75. The standard InChI is InChI=1S/C18H35NO.C6H16N.ClH/c1-2-3-4-5-6-7-8-9-10-11-12-13-14-15-16-17-18(19)20;1-5-6-7(2,3)4;/h9-10H,2-8,11-17H2,1H3,(H2,19,20);5-6H2,1-4H3;1H/q;+1;/p-1. The van der Waals surface area contributed by atoms with Gasteiger partial charge in [-0.3, -0.25) is 4.79 Å². The van der Waals surface area contributed by atoms with Crippen LogP contribution in [0.2, 0.25) is 0 Å². The lowest BCUT2D eigenvalue weighted by Crippen LogP contribution is -3.00. The van der Waals surface area contributed by atoms with Crippen molar-refractivity contribution < 1.29 is 21.7 Å². The molecule has 0 rings (SSSR count). The maximum atomic E-state index is 10.5. The summed E-state index contributed by atoms with van der Waals surface area (Å²) in [5, 5.41) is 0. The van der Waals surface area contributed by atoms with Gasteiger partial charge in [-0.05, 0) is 38.5 Å². The minimum Gasteiger partial charge on any atom is -1.00 e. The van der Waals surface area contributed by atoms with Crippen LogP contribution in [0, 0.1) is 0 Å². The number of unbranched alkanes of at least 4 members (excludes halogenated alkanes) is 11. The number of nitrogens with zero attached hydrogens (tertiary/aromatic N) is 1. The second-order valence-electron chi connectivity index (χ2n) is 8.81. The highest BCUT2D eigenvalue weighted by atomic mass is 35.5. The summed E-state index contributed by atoms with van der Waals surface area (Å²) < 4.78 is 1.09. The van der Waals surface area contributed by atoms with Crippen molar-refractivity contribution in [1.29, 1.82) is 0 Å². The Balaban J connectivity index is -0.000000665. The first kappa shape index (κ1) is 32.1. The molecule has 0 radical (unpaired) electrons. The van der Waals surface area contributed by atoms with Crippen molar-refractivity contribution in [2.75, 3.05) is 27.7 Å². The largest absolute Gasteiger partial charge is 1.00 e. The minimum absolute atomic E-state index is 0. The molecule has 2 N–H and O–H groups in total.